The van der Waals surface area contributed by atoms with E-state index in [-0.39, 0.29) is 5.91 Å². The van der Waals surface area contributed by atoms with Gasteiger partial charge in [-0.2, -0.15) is 0 Å². The Balaban J connectivity index is 1.26. The van der Waals surface area contributed by atoms with E-state index in [9.17, 15) is 4.79 Å². The normalized spacial score (nSPS) is 25.1. The lowest BCUT2D eigenvalue weighted by Crippen LogP contribution is -2.20. The Hall–Kier alpha value is -1.40. The van der Waals surface area contributed by atoms with Crippen LogP contribution >= 0.6 is 23.1 Å². The van der Waals surface area contributed by atoms with Gasteiger partial charge in [-0.05, 0) is 42.6 Å². The first-order valence-electron chi connectivity index (χ1n) is 8.56. The van der Waals surface area contributed by atoms with Crippen LogP contribution in [0.2, 0.25) is 0 Å². The second-order valence-corrected chi connectivity index (χ2v) is 9.03. The van der Waals surface area contributed by atoms with Gasteiger partial charge in [-0.15, -0.1) is 10.2 Å². The summed E-state index contributed by atoms with van der Waals surface area (Å²) in [7, 11) is 0. The number of hydrogen-bond donors (Lipinski definition) is 1. The van der Waals surface area contributed by atoms with E-state index >= 15 is 0 Å². The van der Waals surface area contributed by atoms with E-state index in [1.807, 2.05) is 18.2 Å². The molecule has 1 N–H and O–H groups in total. The molecule has 0 spiro atoms. The van der Waals surface area contributed by atoms with Crippen LogP contribution in [0.15, 0.2) is 34.7 Å². The van der Waals surface area contributed by atoms with E-state index in [1.165, 1.54) is 42.6 Å². The molecule has 4 nitrogen and oxygen atoms in total. The van der Waals surface area contributed by atoms with Gasteiger partial charge in [0.2, 0.25) is 11.0 Å². The number of carbonyl (C=O) groups is 1. The van der Waals surface area contributed by atoms with Crippen molar-refractivity contribution in [1.82, 2.24) is 10.2 Å². The number of aromatic nitrogens is 2. The summed E-state index contributed by atoms with van der Waals surface area (Å²) in [5.74, 6) is 3.23. The van der Waals surface area contributed by atoms with Crippen molar-refractivity contribution in [3.63, 3.8) is 0 Å². The Morgan fingerprint density at radius 2 is 2.08 bits per heavy atom. The lowest BCUT2D eigenvalue weighted by molar-refractivity contribution is -0.117. The lowest BCUT2D eigenvalue weighted by Gasteiger charge is -2.20. The molecule has 1 aromatic heterocycles. The second kappa shape index (κ2) is 7.23. The van der Waals surface area contributed by atoms with Crippen molar-refractivity contribution in [1.29, 1.82) is 0 Å². The molecule has 6 heteroatoms. The Bertz CT molecular complexity index is 703. The molecule has 126 valence electrons. The van der Waals surface area contributed by atoms with Crippen molar-refractivity contribution >= 4 is 34.1 Å². The van der Waals surface area contributed by atoms with Crippen LogP contribution in [-0.4, -0.2) is 16.1 Å². The van der Waals surface area contributed by atoms with Crippen LogP contribution in [0.4, 0.5) is 5.13 Å². The maximum absolute atomic E-state index is 12.3. The zero-order chi connectivity index (χ0) is 16.4. The highest BCUT2D eigenvalue weighted by Gasteiger charge is 2.40. The number of anilines is 1. The molecule has 2 saturated carbocycles. The molecule has 3 atom stereocenters. The van der Waals surface area contributed by atoms with Crippen molar-refractivity contribution in [3.8, 4) is 0 Å². The van der Waals surface area contributed by atoms with Crippen LogP contribution in [0.25, 0.3) is 0 Å². The number of rotatable bonds is 6. The molecule has 2 aliphatic rings. The molecule has 0 saturated heterocycles. The van der Waals surface area contributed by atoms with Gasteiger partial charge in [0.1, 0.15) is 0 Å². The zero-order valence-corrected chi connectivity index (χ0v) is 15.1. The Morgan fingerprint density at radius 3 is 2.83 bits per heavy atom. The number of nitrogens with zero attached hydrogens (tertiary/aromatic N) is 2. The molecule has 2 fully saturated rings. The third-order valence-corrected chi connectivity index (χ3v) is 7.23. The molecular formula is C18H21N3OS2. The molecule has 0 unspecified atom stereocenters. The maximum Gasteiger partial charge on any atom is 0.226 e. The smallest absolute Gasteiger partial charge is 0.226 e. The molecule has 1 aromatic carbocycles. The first-order chi connectivity index (χ1) is 11.8. The van der Waals surface area contributed by atoms with E-state index in [4.69, 9.17) is 0 Å². The molecule has 2 bridgehead atoms. The van der Waals surface area contributed by atoms with Gasteiger partial charge in [-0.3, -0.25) is 4.79 Å². The topological polar surface area (TPSA) is 54.9 Å². The number of thioether (sulfide) groups is 1. The molecular weight excluding hydrogens is 338 g/mol. The Kier molecular flexibility index (Phi) is 4.85. The predicted molar refractivity (Wildman–Crippen MR) is 98.1 cm³/mol. The molecule has 2 aromatic rings. The number of fused-ring (bicyclic) bond motifs is 2. The highest BCUT2D eigenvalue weighted by Crippen LogP contribution is 2.49. The van der Waals surface area contributed by atoms with E-state index in [0.29, 0.717) is 17.5 Å². The summed E-state index contributed by atoms with van der Waals surface area (Å²) < 4.78 is 0.897. The fraction of sp³-hybridized carbons (Fsp3) is 0.500. The highest BCUT2D eigenvalue weighted by molar-refractivity contribution is 8.00. The van der Waals surface area contributed by atoms with Gasteiger partial charge in [0.05, 0.1) is 0 Å². The number of carbonyl (C=O) groups excluding carboxylic acids is 1. The number of benzene rings is 1. The average molecular weight is 360 g/mol. The van der Waals surface area contributed by atoms with Gasteiger partial charge in [0.15, 0.2) is 4.34 Å². The molecule has 0 aliphatic heterocycles. The minimum atomic E-state index is 0.100. The minimum absolute atomic E-state index is 0.100. The summed E-state index contributed by atoms with van der Waals surface area (Å²) >= 11 is 3.12. The molecule has 4 rings (SSSR count). The lowest BCUT2D eigenvalue weighted by atomic mass is 9.86. The monoisotopic (exact) mass is 359 g/mol. The molecule has 0 radical (unpaired) electrons. The zero-order valence-electron chi connectivity index (χ0n) is 13.5. The van der Waals surface area contributed by atoms with Crippen LogP contribution in [0.5, 0.6) is 0 Å². The SMILES string of the molecule is O=C(C[C@@H]1C[C@H]2CC[C@H]1C2)Nc1nnc(SCc2ccccc2)s1. The third kappa shape index (κ3) is 3.81. The molecule has 24 heavy (non-hydrogen) atoms. The van der Waals surface area contributed by atoms with Gasteiger partial charge in [0, 0.05) is 12.2 Å². The summed E-state index contributed by atoms with van der Waals surface area (Å²) in [5, 5.41) is 11.8. The van der Waals surface area contributed by atoms with Crippen LogP contribution in [-0.2, 0) is 10.5 Å². The van der Waals surface area contributed by atoms with E-state index < -0.39 is 0 Å². The van der Waals surface area contributed by atoms with Crippen molar-refractivity contribution < 1.29 is 4.79 Å². The van der Waals surface area contributed by atoms with E-state index in [0.717, 1.165) is 21.9 Å². The highest BCUT2D eigenvalue weighted by atomic mass is 32.2. The van der Waals surface area contributed by atoms with Gasteiger partial charge in [0.25, 0.3) is 0 Å². The van der Waals surface area contributed by atoms with Gasteiger partial charge >= 0.3 is 0 Å². The summed E-state index contributed by atoms with van der Waals surface area (Å²) in [6.07, 6.45) is 5.93. The molecule has 1 heterocycles. The minimum Gasteiger partial charge on any atom is -0.300 e. The van der Waals surface area contributed by atoms with Crippen LogP contribution in [0.3, 0.4) is 0 Å². The van der Waals surface area contributed by atoms with Gasteiger partial charge in [-0.1, -0.05) is 59.9 Å². The molecule has 2 aliphatic carbocycles. The van der Waals surface area contributed by atoms with E-state index in [2.05, 4.69) is 27.6 Å². The van der Waals surface area contributed by atoms with Crippen molar-refractivity contribution in [3.05, 3.63) is 35.9 Å². The third-order valence-electron chi connectivity index (χ3n) is 5.19. The average Bonchev–Trinajstić information content (AvgIpc) is 3.31. The van der Waals surface area contributed by atoms with Gasteiger partial charge < -0.3 is 5.32 Å². The van der Waals surface area contributed by atoms with Crippen molar-refractivity contribution in [2.24, 2.45) is 17.8 Å². The van der Waals surface area contributed by atoms with Gasteiger partial charge in [-0.25, -0.2) is 0 Å². The first kappa shape index (κ1) is 16.1. The number of hydrogen-bond acceptors (Lipinski definition) is 5. The van der Waals surface area contributed by atoms with Crippen LogP contribution in [0.1, 0.15) is 37.7 Å². The standard InChI is InChI=1S/C18H21N3OS2/c22-16(10-15-9-13-6-7-14(15)8-13)19-17-20-21-18(24-17)23-11-12-4-2-1-3-5-12/h1-5,13-15H,6-11H2,(H,19,20,22)/t13-,14-,15-/m0/s1. The predicted octanol–water partition coefficient (Wildman–Crippen LogP) is 4.60. The number of amides is 1. The first-order valence-corrected chi connectivity index (χ1v) is 10.4. The maximum atomic E-state index is 12.3. The Morgan fingerprint density at radius 1 is 1.21 bits per heavy atom. The summed E-state index contributed by atoms with van der Waals surface area (Å²) in [5.41, 5.74) is 1.26. The van der Waals surface area contributed by atoms with Crippen molar-refractivity contribution in [2.45, 2.75) is 42.2 Å². The number of nitrogens with one attached hydrogen (secondary N) is 1. The van der Waals surface area contributed by atoms with E-state index in [1.54, 1.807) is 11.8 Å². The fourth-order valence-electron chi connectivity index (χ4n) is 4.07. The summed E-state index contributed by atoms with van der Waals surface area (Å²) in [4.78, 5) is 12.3. The van der Waals surface area contributed by atoms with Crippen molar-refractivity contribution in [2.75, 3.05) is 5.32 Å². The second-order valence-electron chi connectivity index (χ2n) is 6.83. The summed E-state index contributed by atoms with van der Waals surface area (Å²) in [6.45, 7) is 0. The molecule has 1 amide bonds. The van der Waals surface area contributed by atoms with Crippen LogP contribution in [0, 0.1) is 17.8 Å². The summed E-state index contributed by atoms with van der Waals surface area (Å²) in [6, 6.07) is 10.3. The Labute approximate surface area is 150 Å². The quantitative estimate of drug-likeness (QED) is 0.605. The fourth-order valence-corrected chi connectivity index (χ4v) is 5.80. The largest absolute Gasteiger partial charge is 0.300 e. The van der Waals surface area contributed by atoms with Crippen LogP contribution < -0.4 is 5.32 Å².